The predicted molar refractivity (Wildman–Crippen MR) is 166 cm³/mol. The second-order valence-corrected chi connectivity index (χ2v) is 12.0. The molecule has 0 spiro atoms. The SMILES string of the molecule is CCOC(=O)C1=C(C)N=c2s/c(=C\c3cc(Cl)cc(I)c3OCc3ccccc3F)c(=O)n2[C@H]1c1ccc(C)cc1. The zero-order valence-corrected chi connectivity index (χ0v) is 26.1. The Kier molecular flexibility index (Phi) is 8.77. The van der Waals surface area contributed by atoms with Crippen molar-refractivity contribution in [2.24, 2.45) is 4.99 Å². The van der Waals surface area contributed by atoms with Crippen LogP contribution < -0.4 is 19.6 Å². The van der Waals surface area contributed by atoms with E-state index in [9.17, 15) is 14.0 Å². The monoisotopic (exact) mass is 702 g/mol. The third-order valence-electron chi connectivity index (χ3n) is 6.56. The number of allylic oxidation sites excluding steroid dienone is 1. The van der Waals surface area contributed by atoms with Crippen LogP contribution >= 0.6 is 45.5 Å². The molecule has 0 aliphatic carbocycles. The largest absolute Gasteiger partial charge is 0.487 e. The van der Waals surface area contributed by atoms with Crippen LogP contribution in [0, 0.1) is 16.3 Å². The number of aryl methyl sites for hydroxylation is 1. The van der Waals surface area contributed by atoms with Crippen molar-refractivity contribution in [3.63, 3.8) is 0 Å². The number of carbonyl (C=O) groups is 1. The number of aromatic nitrogens is 1. The molecule has 0 amide bonds. The summed E-state index contributed by atoms with van der Waals surface area (Å²) in [5.41, 5.74) is 3.29. The number of hydrogen-bond donors (Lipinski definition) is 0. The fourth-order valence-electron chi connectivity index (χ4n) is 4.60. The van der Waals surface area contributed by atoms with Crippen molar-refractivity contribution in [3.8, 4) is 5.75 Å². The van der Waals surface area contributed by atoms with E-state index in [2.05, 4.69) is 27.6 Å². The first-order valence-corrected chi connectivity index (χ1v) is 15.1. The lowest BCUT2D eigenvalue weighted by Gasteiger charge is -2.24. The van der Waals surface area contributed by atoms with Gasteiger partial charge in [0, 0.05) is 16.1 Å². The average Bonchev–Trinajstić information content (AvgIpc) is 3.23. The molecule has 0 fully saturated rings. The van der Waals surface area contributed by atoms with E-state index in [0.29, 0.717) is 46.1 Å². The summed E-state index contributed by atoms with van der Waals surface area (Å²) in [4.78, 5) is 32.2. The van der Waals surface area contributed by atoms with Crippen LogP contribution in [0.5, 0.6) is 5.75 Å². The van der Waals surface area contributed by atoms with Crippen LogP contribution in [0.1, 0.15) is 42.1 Å². The van der Waals surface area contributed by atoms with Gasteiger partial charge in [-0.2, -0.15) is 0 Å². The zero-order chi connectivity index (χ0) is 29.3. The molecule has 3 aromatic carbocycles. The van der Waals surface area contributed by atoms with Crippen LogP contribution in [0.15, 0.2) is 81.7 Å². The van der Waals surface area contributed by atoms with E-state index in [-0.39, 0.29) is 24.6 Å². The maximum Gasteiger partial charge on any atom is 0.338 e. The van der Waals surface area contributed by atoms with Crippen molar-refractivity contribution in [1.82, 2.24) is 4.57 Å². The molecule has 5 rings (SSSR count). The van der Waals surface area contributed by atoms with Gasteiger partial charge >= 0.3 is 5.97 Å². The van der Waals surface area contributed by atoms with Crippen LogP contribution in [0.2, 0.25) is 5.02 Å². The molecule has 0 radical (unpaired) electrons. The summed E-state index contributed by atoms with van der Waals surface area (Å²) in [6, 6.07) is 16.8. The number of benzene rings is 3. The van der Waals surface area contributed by atoms with Crippen molar-refractivity contribution in [2.45, 2.75) is 33.4 Å². The van der Waals surface area contributed by atoms with Crippen LogP contribution in [-0.4, -0.2) is 17.1 Å². The van der Waals surface area contributed by atoms with E-state index >= 15 is 0 Å². The van der Waals surface area contributed by atoms with Gasteiger partial charge in [-0.25, -0.2) is 14.2 Å². The third kappa shape index (κ3) is 6.02. The van der Waals surface area contributed by atoms with E-state index in [4.69, 9.17) is 21.1 Å². The summed E-state index contributed by atoms with van der Waals surface area (Å²) in [6.45, 7) is 5.66. The van der Waals surface area contributed by atoms with E-state index in [1.165, 1.54) is 22.0 Å². The van der Waals surface area contributed by atoms with Gasteiger partial charge in [-0.3, -0.25) is 9.36 Å². The number of halogens is 3. The Morgan fingerprint density at radius 2 is 1.90 bits per heavy atom. The molecule has 41 heavy (non-hydrogen) atoms. The molecule has 1 aromatic heterocycles. The van der Waals surface area contributed by atoms with Crippen molar-refractivity contribution >= 4 is 57.6 Å². The second-order valence-electron chi connectivity index (χ2n) is 9.40. The van der Waals surface area contributed by atoms with Gasteiger partial charge in [0.15, 0.2) is 4.80 Å². The van der Waals surface area contributed by atoms with E-state index in [1.807, 2.05) is 31.2 Å². The summed E-state index contributed by atoms with van der Waals surface area (Å²) >= 11 is 9.71. The smallest absolute Gasteiger partial charge is 0.338 e. The summed E-state index contributed by atoms with van der Waals surface area (Å²) in [5, 5.41) is 0.463. The number of nitrogens with zero attached hydrogens (tertiary/aromatic N) is 2. The fraction of sp³-hybridized carbons (Fsp3) is 0.194. The molecular weight excluding hydrogens is 678 g/mol. The number of rotatable bonds is 7. The van der Waals surface area contributed by atoms with Crippen molar-refractivity contribution in [1.29, 1.82) is 0 Å². The summed E-state index contributed by atoms with van der Waals surface area (Å²) in [5.74, 6) is -0.403. The molecule has 4 aromatic rings. The maximum atomic E-state index is 14.3. The lowest BCUT2D eigenvalue weighted by molar-refractivity contribution is -0.139. The van der Waals surface area contributed by atoms with Crippen molar-refractivity contribution in [3.05, 3.63) is 128 Å². The van der Waals surface area contributed by atoms with Gasteiger partial charge in [0.05, 0.1) is 32.0 Å². The molecule has 0 bridgehead atoms. The molecular formula is C31H25ClFIN2O4S. The van der Waals surface area contributed by atoms with E-state index in [0.717, 1.165) is 11.1 Å². The Bertz CT molecular complexity index is 1860. The van der Waals surface area contributed by atoms with E-state index in [1.54, 1.807) is 50.3 Å². The number of ether oxygens (including phenoxy) is 2. The first-order valence-electron chi connectivity index (χ1n) is 12.8. The quantitative estimate of drug-likeness (QED) is 0.173. The Morgan fingerprint density at radius 1 is 1.17 bits per heavy atom. The molecule has 210 valence electrons. The van der Waals surface area contributed by atoms with Gasteiger partial charge in [0.25, 0.3) is 5.56 Å². The highest BCUT2D eigenvalue weighted by molar-refractivity contribution is 14.1. The highest BCUT2D eigenvalue weighted by Crippen LogP contribution is 2.33. The highest BCUT2D eigenvalue weighted by atomic mass is 127. The number of esters is 1. The average molecular weight is 703 g/mol. The van der Waals surface area contributed by atoms with Crippen LogP contribution in [0.4, 0.5) is 4.39 Å². The Labute approximate surface area is 258 Å². The summed E-state index contributed by atoms with van der Waals surface area (Å²) < 4.78 is 28.3. The molecule has 1 atom stereocenters. The second kappa shape index (κ2) is 12.3. The first-order chi connectivity index (χ1) is 19.7. The molecule has 6 nitrogen and oxygen atoms in total. The van der Waals surface area contributed by atoms with Crippen molar-refractivity contribution in [2.75, 3.05) is 6.61 Å². The predicted octanol–water partition coefficient (Wildman–Crippen LogP) is 6.08. The van der Waals surface area contributed by atoms with Gasteiger partial charge in [0.1, 0.15) is 18.2 Å². The van der Waals surface area contributed by atoms with Gasteiger partial charge in [-0.1, -0.05) is 71.0 Å². The van der Waals surface area contributed by atoms with Crippen LogP contribution in [0.25, 0.3) is 6.08 Å². The normalized spacial score (nSPS) is 15.0. The third-order valence-corrected chi connectivity index (χ3v) is 8.57. The maximum absolute atomic E-state index is 14.3. The molecule has 1 aliphatic heterocycles. The Balaban J connectivity index is 1.65. The van der Waals surface area contributed by atoms with Gasteiger partial charge in [-0.15, -0.1) is 0 Å². The lowest BCUT2D eigenvalue weighted by atomic mass is 9.95. The van der Waals surface area contributed by atoms with Gasteiger partial charge in [-0.05, 0) is 73.2 Å². The number of thiazole rings is 1. The molecule has 0 saturated heterocycles. The standard InChI is InChI=1S/C31H25ClFIN2O4S/c1-4-39-30(38)26-18(3)35-31-36(27(26)19-11-9-17(2)10-12-19)29(37)25(41-31)14-21-13-22(32)15-24(34)28(21)40-16-20-7-5-6-8-23(20)33/h5-15,27H,4,16H2,1-3H3/b25-14-/t27-/m0/s1. The Morgan fingerprint density at radius 3 is 2.61 bits per heavy atom. The number of carbonyl (C=O) groups excluding carboxylic acids is 1. The number of hydrogen-bond acceptors (Lipinski definition) is 6. The molecule has 0 N–H and O–H groups in total. The zero-order valence-electron chi connectivity index (χ0n) is 22.4. The van der Waals surface area contributed by atoms with Gasteiger partial charge < -0.3 is 9.47 Å². The first kappa shape index (κ1) is 29.2. The molecule has 0 saturated carbocycles. The van der Waals surface area contributed by atoms with Gasteiger partial charge in [0.2, 0.25) is 0 Å². The van der Waals surface area contributed by atoms with Crippen LogP contribution in [0.3, 0.4) is 0 Å². The fourth-order valence-corrected chi connectivity index (χ4v) is 6.85. The summed E-state index contributed by atoms with van der Waals surface area (Å²) in [6.07, 6.45) is 1.70. The lowest BCUT2D eigenvalue weighted by Crippen LogP contribution is -2.39. The topological polar surface area (TPSA) is 69.9 Å². The number of fused-ring (bicyclic) bond motifs is 1. The molecule has 10 heteroatoms. The van der Waals surface area contributed by atoms with Crippen LogP contribution in [-0.2, 0) is 16.1 Å². The Hall–Kier alpha value is -3.28. The minimum absolute atomic E-state index is 0.00190. The highest BCUT2D eigenvalue weighted by Gasteiger charge is 2.33. The summed E-state index contributed by atoms with van der Waals surface area (Å²) in [7, 11) is 0. The minimum atomic E-state index is -0.704. The molecule has 0 unspecified atom stereocenters. The van der Waals surface area contributed by atoms with Crippen molar-refractivity contribution < 1.29 is 18.7 Å². The molecule has 1 aliphatic rings. The minimum Gasteiger partial charge on any atom is -0.487 e. The molecule has 2 heterocycles. The van der Waals surface area contributed by atoms with E-state index < -0.39 is 12.0 Å².